The van der Waals surface area contributed by atoms with E-state index in [-0.39, 0.29) is 12.4 Å². The smallest absolute Gasteiger partial charge is 0.0705 e. The van der Waals surface area contributed by atoms with E-state index in [0.29, 0.717) is 5.02 Å². The summed E-state index contributed by atoms with van der Waals surface area (Å²) in [6.07, 6.45) is -0.604. The number of nitrogens with two attached hydrogens (primary N) is 1. The van der Waals surface area contributed by atoms with Gasteiger partial charge in [-0.2, -0.15) is 0 Å². The highest BCUT2D eigenvalue weighted by Gasteiger charge is 2.15. The van der Waals surface area contributed by atoms with Gasteiger partial charge in [0.05, 0.1) is 12.1 Å². The van der Waals surface area contributed by atoms with Gasteiger partial charge in [0.1, 0.15) is 0 Å². The lowest BCUT2D eigenvalue weighted by atomic mass is 10.0. The molecule has 3 nitrogen and oxygen atoms in total. The number of benzene rings is 1. The lowest BCUT2D eigenvalue weighted by molar-refractivity contribution is 0.164. The summed E-state index contributed by atoms with van der Waals surface area (Å²) in [4.78, 5) is 1.96. The Labute approximate surface area is 108 Å². The normalized spacial score (nSPS) is 13.9. The number of aliphatic hydroxyl groups excluding tert-OH is 1. The first-order valence-electron chi connectivity index (χ1n) is 4.84. The predicted molar refractivity (Wildman–Crippen MR) is 71.6 cm³/mol. The molecule has 1 aromatic carbocycles. The topological polar surface area (TPSA) is 49.5 Å². The molecule has 2 atom stereocenters. The summed E-state index contributed by atoms with van der Waals surface area (Å²) in [7, 11) is 3.89. The molecule has 0 amide bonds. The first-order valence-corrected chi connectivity index (χ1v) is 5.21. The van der Waals surface area contributed by atoms with Crippen LogP contribution >= 0.6 is 24.0 Å². The number of hydrogen-bond donors (Lipinski definition) is 2. The summed E-state index contributed by atoms with van der Waals surface area (Å²) in [6, 6.07) is 5.20. The van der Waals surface area contributed by atoms with Gasteiger partial charge in [-0.05, 0) is 24.6 Å². The van der Waals surface area contributed by atoms with Crippen LogP contribution in [0.2, 0.25) is 5.02 Å². The van der Waals surface area contributed by atoms with E-state index in [9.17, 15) is 5.11 Å². The minimum Gasteiger partial charge on any atom is -0.391 e. The van der Waals surface area contributed by atoms with E-state index in [0.717, 1.165) is 11.3 Å². The second-order valence-corrected chi connectivity index (χ2v) is 4.27. The predicted octanol–water partition coefficient (Wildman–Crippen LogP) is 2.21. The van der Waals surface area contributed by atoms with Crippen molar-refractivity contribution < 1.29 is 5.11 Å². The third-order valence-electron chi connectivity index (χ3n) is 2.38. The average molecular weight is 265 g/mol. The van der Waals surface area contributed by atoms with Gasteiger partial charge in [-0.15, -0.1) is 12.4 Å². The molecular weight excluding hydrogens is 247 g/mol. The van der Waals surface area contributed by atoms with Crippen molar-refractivity contribution >= 4 is 29.7 Å². The fourth-order valence-electron chi connectivity index (χ4n) is 1.32. The highest BCUT2D eigenvalue weighted by atomic mass is 35.5. The van der Waals surface area contributed by atoms with Gasteiger partial charge >= 0.3 is 0 Å². The van der Waals surface area contributed by atoms with Gasteiger partial charge < -0.3 is 15.7 Å². The molecule has 5 heteroatoms. The van der Waals surface area contributed by atoms with Crippen molar-refractivity contribution in [3.8, 4) is 0 Å². The van der Waals surface area contributed by atoms with Crippen LogP contribution < -0.4 is 10.6 Å². The average Bonchev–Trinajstić information content (AvgIpc) is 2.16. The Morgan fingerprint density at radius 1 is 1.38 bits per heavy atom. The molecule has 0 heterocycles. The quantitative estimate of drug-likeness (QED) is 0.881. The van der Waals surface area contributed by atoms with Crippen LogP contribution in [0.1, 0.15) is 18.5 Å². The van der Waals surface area contributed by atoms with E-state index in [1.807, 2.05) is 37.2 Å². The van der Waals surface area contributed by atoms with Crippen LogP contribution in [0.5, 0.6) is 0 Å². The van der Waals surface area contributed by atoms with Gasteiger partial charge in [-0.1, -0.05) is 17.7 Å². The fraction of sp³-hybridized carbons (Fsp3) is 0.455. The van der Waals surface area contributed by atoms with Gasteiger partial charge in [-0.25, -0.2) is 0 Å². The van der Waals surface area contributed by atoms with Crippen LogP contribution in [0.3, 0.4) is 0 Å². The molecule has 0 bridgehead atoms. The maximum atomic E-state index is 9.38. The lowest BCUT2D eigenvalue weighted by Crippen LogP contribution is -2.23. The summed E-state index contributed by atoms with van der Waals surface area (Å²) in [5, 5.41) is 9.98. The molecule has 1 aromatic rings. The van der Waals surface area contributed by atoms with Gasteiger partial charge in [0.15, 0.2) is 0 Å². The van der Waals surface area contributed by atoms with E-state index in [4.69, 9.17) is 17.3 Å². The SMILES string of the molecule is C[C@@H](O)[C@@H](N)c1ccc(N(C)C)cc1Cl.Cl. The molecule has 0 unspecified atom stereocenters. The lowest BCUT2D eigenvalue weighted by Gasteiger charge is -2.19. The maximum Gasteiger partial charge on any atom is 0.0705 e. The molecule has 0 radical (unpaired) electrons. The summed E-state index contributed by atoms with van der Waals surface area (Å²) in [5.41, 5.74) is 7.61. The standard InChI is InChI=1S/C11H17ClN2O.ClH/c1-7(15)11(13)9-5-4-8(14(2)3)6-10(9)12;/h4-7,11,15H,13H2,1-3H3;1H/t7-,11-;/m1./s1. The van der Waals surface area contributed by atoms with Crippen molar-refractivity contribution in [2.75, 3.05) is 19.0 Å². The summed E-state index contributed by atoms with van der Waals surface area (Å²) in [6.45, 7) is 1.65. The molecule has 0 aliphatic carbocycles. The van der Waals surface area contributed by atoms with Crippen LogP contribution in [0.4, 0.5) is 5.69 Å². The molecule has 0 aliphatic rings. The number of halogens is 2. The molecule has 0 aliphatic heterocycles. The first kappa shape index (κ1) is 15.5. The Morgan fingerprint density at radius 2 is 1.94 bits per heavy atom. The van der Waals surface area contributed by atoms with E-state index in [1.165, 1.54) is 0 Å². The molecule has 0 saturated heterocycles. The monoisotopic (exact) mass is 264 g/mol. The molecule has 0 saturated carbocycles. The molecule has 92 valence electrons. The van der Waals surface area contributed by atoms with E-state index < -0.39 is 12.1 Å². The number of nitrogens with zero attached hydrogens (tertiary/aromatic N) is 1. The molecule has 1 rings (SSSR count). The molecule has 0 spiro atoms. The minimum atomic E-state index is -0.604. The number of hydrogen-bond acceptors (Lipinski definition) is 3. The van der Waals surface area contributed by atoms with E-state index in [2.05, 4.69) is 0 Å². The van der Waals surface area contributed by atoms with Crippen molar-refractivity contribution in [3.63, 3.8) is 0 Å². The Hall–Kier alpha value is -0.480. The summed E-state index contributed by atoms with van der Waals surface area (Å²) in [5.74, 6) is 0. The highest BCUT2D eigenvalue weighted by Crippen LogP contribution is 2.27. The Morgan fingerprint density at radius 3 is 2.31 bits per heavy atom. The van der Waals surface area contributed by atoms with Crippen LogP contribution in [0, 0.1) is 0 Å². The Balaban J connectivity index is 0.00000225. The zero-order valence-electron chi connectivity index (χ0n) is 9.64. The minimum absolute atomic E-state index is 0. The maximum absolute atomic E-state index is 9.38. The van der Waals surface area contributed by atoms with Crippen LogP contribution in [-0.4, -0.2) is 25.3 Å². The van der Waals surface area contributed by atoms with Crippen molar-refractivity contribution in [2.24, 2.45) is 5.73 Å². The third kappa shape index (κ3) is 3.52. The fourth-order valence-corrected chi connectivity index (χ4v) is 1.63. The van der Waals surface area contributed by atoms with Crippen LogP contribution in [0.15, 0.2) is 18.2 Å². The van der Waals surface area contributed by atoms with E-state index >= 15 is 0 Å². The molecular formula is C11H18Cl2N2O. The third-order valence-corrected chi connectivity index (χ3v) is 2.71. The summed E-state index contributed by atoms with van der Waals surface area (Å²) < 4.78 is 0. The summed E-state index contributed by atoms with van der Waals surface area (Å²) >= 11 is 6.09. The van der Waals surface area contributed by atoms with Crippen molar-refractivity contribution in [3.05, 3.63) is 28.8 Å². The van der Waals surface area contributed by atoms with Crippen molar-refractivity contribution in [1.29, 1.82) is 0 Å². The van der Waals surface area contributed by atoms with Gasteiger partial charge in [-0.3, -0.25) is 0 Å². The van der Waals surface area contributed by atoms with Crippen molar-refractivity contribution in [1.82, 2.24) is 0 Å². The largest absolute Gasteiger partial charge is 0.391 e. The highest BCUT2D eigenvalue weighted by molar-refractivity contribution is 6.31. The zero-order chi connectivity index (χ0) is 11.6. The Bertz CT molecular complexity index is 343. The van der Waals surface area contributed by atoms with Gasteiger partial charge in [0.2, 0.25) is 0 Å². The second kappa shape index (κ2) is 6.30. The zero-order valence-corrected chi connectivity index (χ0v) is 11.2. The van der Waals surface area contributed by atoms with Crippen LogP contribution in [0.25, 0.3) is 0 Å². The number of aliphatic hydroxyl groups is 1. The van der Waals surface area contributed by atoms with Crippen molar-refractivity contribution in [2.45, 2.75) is 19.1 Å². The molecule has 0 aromatic heterocycles. The Kier molecular flexibility index (Phi) is 6.11. The molecule has 0 fully saturated rings. The van der Waals surface area contributed by atoms with E-state index in [1.54, 1.807) is 6.92 Å². The molecule has 3 N–H and O–H groups in total. The number of rotatable bonds is 3. The molecule has 16 heavy (non-hydrogen) atoms. The van der Waals surface area contributed by atoms with Gasteiger partial charge in [0.25, 0.3) is 0 Å². The van der Waals surface area contributed by atoms with Gasteiger partial charge in [0, 0.05) is 24.8 Å². The van der Waals surface area contributed by atoms with Crippen LogP contribution in [-0.2, 0) is 0 Å². The number of anilines is 1. The first-order chi connectivity index (χ1) is 6.93. The second-order valence-electron chi connectivity index (χ2n) is 3.87.